The van der Waals surface area contributed by atoms with Gasteiger partial charge < -0.3 is 4.90 Å². The van der Waals surface area contributed by atoms with Crippen molar-refractivity contribution >= 4 is 52.0 Å². The molecular formula is C23H14Cl2F2N2O2. The number of benzene rings is 3. The molecule has 1 heterocycles. The summed E-state index contributed by atoms with van der Waals surface area (Å²) < 4.78 is 27.9. The predicted octanol–water partition coefficient (Wildman–Crippen LogP) is 5.69. The molecule has 0 fully saturated rings. The Kier molecular flexibility index (Phi) is 5.52. The number of imide groups is 1. The fourth-order valence-corrected chi connectivity index (χ4v) is 3.93. The van der Waals surface area contributed by atoms with Crippen molar-refractivity contribution in [1.82, 2.24) is 0 Å². The second-order valence-corrected chi connectivity index (χ2v) is 7.63. The fraction of sp³-hybridized carbons (Fsp3) is 0.0435. The molecule has 4 rings (SSSR count). The Morgan fingerprint density at radius 3 is 2.23 bits per heavy atom. The van der Waals surface area contributed by atoms with E-state index in [-0.39, 0.29) is 27.5 Å². The maximum Gasteiger partial charge on any atom is 0.282 e. The van der Waals surface area contributed by atoms with Gasteiger partial charge in [0.05, 0.1) is 16.3 Å². The van der Waals surface area contributed by atoms with Crippen LogP contribution in [-0.2, 0) is 9.59 Å². The number of carbonyl (C=O) groups excluding carboxylic acids is 2. The summed E-state index contributed by atoms with van der Waals surface area (Å²) >= 11 is 12.3. The predicted molar refractivity (Wildman–Crippen MR) is 117 cm³/mol. The highest BCUT2D eigenvalue weighted by atomic mass is 35.5. The van der Waals surface area contributed by atoms with E-state index in [9.17, 15) is 18.4 Å². The minimum atomic E-state index is -1.04. The summed E-state index contributed by atoms with van der Waals surface area (Å²) in [6, 6.07) is 16.0. The van der Waals surface area contributed by atoms with Gasteiger partial charge in [-0.1, -0.05) is 47.5 Å². The van der Waals surface area contributed by atoms with Gasteiger partial charge in [0.1, 0.15) is 17.3 Å². The molecule has 0 unspecified atom stereocenters. The average molecular weight is 459 g/mol. The van der Waals surface area contributed by atoms with Crippen LogP contribution in [0.4, 0.5) is 20.2 Å². The molecule has 0 saturated heterocycles. The van der Waals surface area contributed by atoms with Crippen molar-refractivity contribution in [1.29, 1.82) is 0 Å². The molecule has 31 heavy (non-hydrogen) atoms. The van der Waals surface area contributed by atoms with Crippen LogP contribution in [0.2, 0.25) is 10.0 Å². The molecule has 0 bridgehead atoms. The van der Waals surface area contributed by atoms with Crippen molar-refractivity contribution in [2.45, 2.75) is 0 Å². The van der Waals surface area contributed by atoms with Crippen molar-refractivity contribution in [2.75, 3.05) is 16.8 Å². The molecule has 1 aliphatic heterocycles. The molecule has 0 atom stereocenters. The number of rotatable bonds is 4. The number of para-hydroxylation sites is 1. The van der Waals surface area contributed by atoms with E-state index in [0.717, 1.165) is 12.1 Å². The second kappa shape index (κ2) is 8.13. The van der Waals surface area contributed by atoms with Crippen LogP contribution >= 0.6 is 23.2 Å². The zero-order chi connectivity index (χ0) is 22.3. The Labute approximate surface area is 186 Å². The van der Waals surface area contributed by atoms with E-state index >= 15 is 0 Å². The molecule has 0 N–H and O–H groups in total. The van der Waals surface area contributed by atoms with Crippen molar-refractivity contribution in [3.8, 4) is 0 Å². The monoisotopic (exact) mass is 458 g/mol. The number of anilines is 2. The zero-order valence-electron chi connectivity index (χ0n) is 16.1. The molecule has 2 amide bonds. The SMILES string of the molecule is CN(C1=C(c2ccc(Cl)cc2Cl)C(=O)N(c2ccc(F)cc2F)C1=O)c1ccccc1. The zero-order valence-corrected chi connectivity index (χ0v) is 17.6. The average Bonchev–Trinajstić information content (AvgIpc) is 2.99. The summed E-state index contributed by atoms with van der Waals surface area (Å²) in [5.41, 5.74) is 0.538. The third-order valence-electron chi connectivity index (χ3n) is 4.89. The normalized spacial score (nSPS) is 13.9. The number of hydrogen-bond acceptors (Lipinski definition) is 3. The molecule has 1 aliphatic rings. The summed E-state index contributed by atoms with van der Waals surface area (Å²) in [6.45, 7) is 0. The van der Waals surface area contributed by atoms with Crippen LogP contribution in [0, 0.1) is 11.6 Å². The molecule has 3 aromatic rings. The van der Waals surface area contributed by atoms with Gasteiger partial charge in [-0.2, -0.15) is 0 Å². The summed E-state index contributed by atoms with van der Waals surface area (Å²) in [5.74, 6) is -3.40. The molecule has 0 aromatic heterocycles. The first-order chi connectivity index (χ1) is 14.8. The van der Waals surface area contributed by atoms with Gasteiger partial charge in [0, 0.05) is 29.4 Å². The standard InChI is InChI=1S/C23H14Cl2F2N2O2/c1-28(15-5-3-2-4-6-15)21-20(16-9-7-13(24)11-17(16)25)22(30)29(23(21)31)19-10-8-14(26)12-18(19)27/h2-12H,1H3. The summed E-state index contributed by atoms with van der Waals surface area (Å²) in [7, 11) is 1.62. The largest absolute Gasteiger partial charge is 0.339 e. The number of nitrogens with zero attached hydrogens (tertiary/aromatic N) is 2. The van der Waals surface area contributed by atoms with Gasteiger partial charge in [0.25, 0.3) is 11.8 Å². The van der Waals surface area contributed by atoms with E-state index in [1.807, 2.05) is 6.07 Å². The molecule has 156 valence electrons. The fourth-order valence-electron chi connectivity index (χ4n) is 3.43. The molecule has 4 nitrogen and oxygen atoms in total. The van der Waals surface area contributed by atoms with Gasteiger partial charge in [-0.15, -0.1) is 0 Å². The topological polar surface area (TPSA) is 40.6 Å². The first-order valence-electron chi connectivity index (χ1n) is 9.12. The van der Waals surface area contributed by atoms with Gasteiger partial charge in [-0.05, 0) is 36.4 Å². The van der Waals surface area contributed by atoms with Crippen molar-refractivity contribution in [3.05, 3.63) is 99.7 Å². The van der Waals surface area contributed by atoms with Gasteiger partial charge in [-0.25, -0.2) is 13.7 Å². The van der Waals surface area contributed by atoms with E-state index in [0.29, 0.717) is 21.7 Å². The number of amides is 2. The smallest absolute Gasteiger partial charge is 0.282 e. The highest BCUT2D eigenvalue weighted by Crippen LogP contribution is 2.39. The summed E-state index contributed by atoms with van der Waals surface area (Å²) in [4.78, 5) is 29.0. The summed E-state index contributed by atoms with van der Waals surface area (Å²) in [5, 5.41) is 0.509. The van der Waals surface area contributed by atoms with Crippen LogP contribution in [0.3, 0.4) is 0 Å². The number of halogens is 4. The lowest BCUT2D eigenvalue weighted by molar-refractivity contribution is -0.120. The molecule has 3 aromatic carbocycles. The van der Waals surface area contributed by atoms with Crippen LogP contribution in [0.15, 0.2) is 72.4 Å². The first kappa shape index (κ1) is 21.0. The van der Waals surface area contributed by atoms with E-state index in [4.69, 9.17) is 23.2 Å². The molecular weight excluding hydrogens is 445 g/mol. The number of carbonyl (C=O) groups is 2. The lowest BCUT2D eigenvalue weighted by Gasteiger charge is -2.21. The minimum absolute atomic E-state index is 0.00384. The quantitative estimate of drug-likeness (QED) is 0.471. The Hall–Kier alpha value is -3.22. The highest BCUT2D eigenvalue weighted by Gasteiger charge is 2.43. The van der Waals surface area contributed by atoms with Crippen LogP contribution in [0.25, 0.3) is 5.57 Å². The number of hydrogen-bond donors (Lipinski definition) is 0. The van der Waals surface area contributed by atoms with Crippen molar-refractivity contribution in [2.24, 2.45) is 0 Å². The molecule has 0 spiro atoms. The number of likely N-dealkylation sites (N-methyl/N-ethyl adjacent to an activating group) is 1. The van der Waals surface area contributed by atoms with Crippen LogP contribution in [-0.4, -0.2) is 18.9 Å². The molecule has 0 saturated carbocycles. The first-order valence-corrected chi connectivity index (χ1v) is 9.87. The third kappa shape index (κ3) is 3.69. The molecule has 0 aliphatic carbocycles. The lowest BCUT2D eigenvalue weighted by atomic mass is 10.0. The van der Waals surface area contributed by atoms with Gasteiger partial charge >= 0.3 is 0 Å². The Morgan fingerprint density at radius 2 is 1.58 bits per heavy atom. The Morgan fingerprint density at radius 1 is 0.871 bits per heavy atom. The van der Waals surface area contributed by atoms with Crippen LogP contribution in [0.5, 0.6) is 0 Å². The maximum absolute atomic E-state index is 14.5. The minimum Gasteiger partial charge on any atom is -0.339 e. The van der Waals surface area contributed by atoms with Crippen LogP contribution in [0.1, 0.15) is 5.56 Å². The van der Waals surface area contributed by atoms with Crippen molar-refractivity contribution in [3.63, 3.8) is 0 Å². The maximum atomic E-state index is 14.5. The van der Waals surface area contributed by atoms with E-state index in [1.165, 1.54) is 23.1 Å². The third-order valence-corrected chi connectivity index (χ3v) is 5.44. The molecule has 8 heteroatoms. The Bertz CT molecular complexity index is 1250. The van der Waals surface area contributed by atoms with E-state index < -0.39 is 23.4 Å². The van der Waals surface area contributed by atoms with E-state index in [1.54, 1.807) is 31.3 Å². The Balaban J connectivity index is 1.93. The summed E-state index contributed by atoms with van der Waals surface area (Å²) in [6.07, 6.45) is 0. The van der Waals surface area contributed by atoms with Gasteiger partial charge in [-0.3, -0.25) is 9.59 Å². The highest BCUT2D eigenvalue weighted by molar-refractivity contribution is 6.48. The van der Waals surface area contributed by atoms with Crippen molar-refractivity contribution < 1.29 is 18.4 Å². The molecule has 0 radical (unpaired) electrons. The second-order valence-electron chi connectivity index (χ2n) is 6.78. The van der Waals surface area contributed by atoms with E-state index in [2.05, 4.69) is 0 Å². The van der Waals surface area contributed by atoms with Gasteiger partial charge in [0.2, 0.25) is 0 Å². The lowest BCUT2D eigenvalue weighted by Crippen LogP contribution is -2.34. The van der Waals surface area contributed by atoms with Crippen LogP contribution < -0.4 is 9.80 Å². The van der Waals surface area contributed by atoms with Gasteiger partial charge in [0.15, 0.2) is 0 Å².